The van der Waals surface area contributed by atoms with Crippen molar-refractivity contribution in [2.75, 3.05) is 11.9 Å². The molecule has 0 aromatic carbocycles. The Morgan fingerprint density at radius 3 is 3.00 bits per heavy atom. The van der Waals surface area contributed by atoms with Gasteiger partial charge in [-0.05, 0) is 18.6 Å². The third-order valence-corrected chi connectivity index (χ3v) is 4.36. The number of nitrogens with one attached hydrogen (secondary N) is 2. The van der Waals surface area contributed by atoms with Gasteiger partial charge in [0.2, 0.25) is 5.91 Å². The van der Waals surface area contributed by atoms with Crippen LogP contribution in [0.15, 0.2) is 17.5 Å². The van der Waals surface area contributed by atoms with E-state index < -0.39 is 0 Å². The average molecular weight is 295 g/mol. The largest absolute Gasteiger partial charge is 0.362 e. The second kappa shape index (κ2) is 6.68. The Hall–Kier alpha value is -1.40. The molecule has 2 N–H and O–H groups in total. The second-order valence-corrected chi connectivity index (χ2v) is 6.17. The van der Waals surface area contributed by atoms with Crippen molar-refractivity contribution in [3.05, 3.63) is 22.4 Å². The fourth-order valence-corrected chi connectivity index (χ4v) is 3.24. The van der Waals surface area contributed by atoms with Crippen LogP contribution in [0.1, 0.15) is 25.1 Å². The predicted octanol–water partition coefficient (Wildman–Crippen LogP) is 3.33. The Bertz CT molecular complexity index is 548. The van der Waals surface area contributed by atoms with E-state index in [1.54, 1.807) is 22.7 Å². The number of aromatic nitrogens is 1. The number of hydrogen-bond acceptors (Lipinski definition) is 5. The van der Waals surface area contributed by atoms with Gasteiger partial charge < -0.3 is 10.6 Å². The van der Waals surface area contributed by atoms with Crippen molar-refractivity contribution in [3.63, 3.8) is 0 Å². The first kappa shape index (κ1) is 14.0. The Morgan fingerprint density at radius 1 is 1.42 bits per heavy atom. The first-order chi connectivity index (χ1) is 9.19. The lowest BCUT2D eigenvalue weighted by atomic mass is 10.3. The van der Waals surface area contributed by atoms with Gasteiger partial charge >= 0.3 is 0 Å². The molecule has 2 aromatic rings. The number of thiazole rings is 1. The maximum Gasteiger partial charge on any atom is 0.217 e. The zero-order valence-corrected chi connectivity index (χ0v) is 12.7. The molecule has 0 saturated heterocycles. The average Bonchev–Trinajstić information content (AvgIpc) is 3.02. The van der Waals surface area contributed by atoms with E-state index >= 15 is 0 Å². The number of thiophene rings is 1. The van der Waals surface area contributed by atoms with Crippen molar-refractivity contribution in [2.24, 2.45) is 0 Å². The third-order valence-electron chi connectivity index (χ3n) is 2.46. The standard InChI is InChI=1S/C13H17N3OS2/c1-3-6-14-13-16-11(8-18-13)12-5-4-10(19-12)7-15-9(2)17/h4-5,8H,3,6-7H2,1-2H3,(H,14,16)(H,15,17). The molecule has 0 aliphatic rings. The van der Waals surface area contributed by atoms with E-state index in [4.69, 9.17) is 0 Å². The lowest BCUT2D eigenvalue weighted by Crippen LogP contribution is -2.17. The summed E-state index contributed by atoms with van der Waals surface area (Å²) in [6, 6.07) is 4.09. The van der Waals surface area contributed by atoms with E-state index in [0.29, 0.717) is 6.54 Å². The molecule has 6 heteroatoms. The molecule has 0 spiro atoms. The molecule has 0 saturated carbocycles. The highest BCUT2D eigenvalue weighted by Crippen LogP contribution is 2.30. The molecule has 0 aliphatic heterocycles. The molecular formula is C13H17N3OS2. The molecule has 0 fully saturated rings. The van der Waals surface area contributed by atoms with E-state index in [9.17, 15) is 4.79 Å². The van der Waals surface area contributed by atoms with Gasteiger partial charge in [0, 0.05) is 23.7 Å². The lowest BCUT2D eigenvalue weighted by molar-refractivity contribution is -0.119. The van der Waals surface area contributed by atoms with E-state index in [1.165, 1.54) is 6.92 Å². The molecule has 0 atom stereocenters. The van der Waals surface area contributed by atoms with Crippen molar-refractivity contribution in [3.8, 4) is 10.6 Å². The quantitative estimate of drug-likeness (QED) is 0.859. The molecule has 2 rings (SSSR count). The highest BCUT2D eigenvalue weighted by atomic mass is 32.1. The molecule has 0 aliphatic carbocycles. The first-order valence-corrected chi connectivity index (χ1v) is 7.91. The Balaban J connectivity index is 2.01. The highest BCUT2D eigenvalue weighted by Gasteiger charge is 2.07. The number of carbonyl (C=O) groups is 1. The number of carbonyl (C=O) groups excluding carboxylic acids is 1. The van der Waals surface area contributed by atoms with Gasteiger partial charge in [0.1, 0.15) is 0 Å². The highest BCUT2D eigenvalue weighted by molar-refractivity contribution is 7.17. The van der Waals surface area contributed by atoms with Crippen LogP contribution in [-0.4, -0.2) is 17.4 Å². The SMILES string of the molecule is CCCNc1nc(-c2ccc(CNC(C)=O)s2)cs1. The van der Waals surface area contributed by atoms with Gasteiger partial charge in [0.25, 0.3) is 0 Å². The first-order valence-electron chi connectivity index (χ1n) is 6.22. The normalized spacial score (nSPS) is 10.4. The fourth-order valence-electron chi connectivity index (χ4n) is 1.52. The molecule has 1 amide bonds. The summed E-state index contributed by atoms with van der Waals surface area (Å²) in [6.07, 6.45) is 1.09. The summed E-state index contributed by atoms with van der Waals surface area (Å²) in [4.78, 5) is 17.7. The minimum absolute atomic E-state index is 0.00494. The van der Waals surface area contributed by atoms with Crippen LogP contribution in [-0.2, 0) is 11.3 Å². The number of hydrogen-bond donors (Lipinski definition) is 2. The molecule has 2 heterocycles. The van der Waals surface area contributed by atoms with Crippen LogP contribution in [0.3, 0.4) is 0 Å². The zero-order chi connectivity index (χ0) is 13.7. The van der Waals surface area contributed by atoms with Gasteiger partial charge in [0.15, 0.2) is 5.13 Å². The molecule has 0 unspecified atom stereocenters. The third kappa shape index (κ3) is 4.04. The molecule has 4 nitrogen and oxygen atoms in total. The minimum atomic E-state index is -0.00494. The van der Waals surface area contributed by atoms with Crippen LogP contribution in [0.5, 0.6) is 0 Å². The number of nitrogens with zero attached hydrogens (tertiary/aromatic N) is 1. The maximum atomic E-state index is 10.9. The Kier molecular flexibility index (Phi) is 4.93. The Labute approximate surface area is 120 Å². The summed E-state index contributed by atoms with van der Waals surface area (Å²) in [6.45, 7) is 5.20. The lowest BCUT2D eigenvalue weighted by Gasteiger charge is -1.97. The van der Waals surface area contributed by atoms with Crippen LogP contribution < -0.4 is 10.6 Å². The van der Waals surface area contributed by atoms with Gasteiger partial charge in [-0.15, -0.1) is 22.7 Å². The minimum Gasteiger partial charge on any atom is -0.362 e. The van der Waals surface area contributed by atoms with Crippen molar-refractivity contribution in [2.45, 2.75) is 26.8 Å². The van der Waals surface area contributed by atoms with Gasteiger partial charge in [-0.3, -0.25) is 4.79 Å². The van der Waals surface area contributed by atoms with Crippen LogP contribution in [0, 0.1) is 0 Å². The molecule has 19 heavy (non-hydrogen) atoms. The van der Waals surface area contributed by atoms with Gasteiger partial charge in [0.05, 0.1) is 17.1 Å². The summed E-state index contributed by atoms with van der Waals surface area (Å²) in [5.41, 5.74) is 1.00. The Morgan fingerprint density at radius 2 is 2.26 bits per heavy atom. The predicted molar refractivity (Wildman–Crippen MR) is 81.7 cm³/mol. The van der Waals surface area contributed by atoms with Crippen LogP contribution in [0.25, 0.3) is 10.6 Å². The zero-order valence-electron chi connectivity index (χ0n) is 11.0. The van der Waals surface area contributed by atoms with E-state index in [-0.39, 0.29) is 5.91 Å². The fraction of sp³-hybridized carbons (Fsp3) is 0.385. The maximum absolute atomic E-state index is 10.9. The summed E-state index contributed by atoms with van der Waals surface area (Å²) >= 11 is 3.29. The summed E-state index contributed by atoms with van der Waals surface area (Å²) in [5.74, 6) is -0.00494. The molecule has 102 valence electrons. The van der Waals surface area contributed by atoms with Crippen molar-refractivity contribution in [1.29, 1.82) is 0 Å². The summed E-state index contributed by atoms with van der Waals surface area (Å²) < 4.78 is 0. The van der Waals surface area contributed by atoms with Gasteiger partial charge in [-0.2, -0.15) is 0 Å². The smallest absolute Gasteiger partial charge is 0.217 e. The topological polar surface area (TPSA) is 54.0 Å². The second-order valence-electron chi connectivity index (χ2n) is 4.14. The number of amides is 1. The van der Waals surface area contributed by atoms with Gasteiger partial charge in [-0.25, -0.2) is 4.98 Å². The van der Waals surface area contributed by atoms with Crippen molar-refractivity contribution in [1.82, 2.24) is 10.3 Å². The van der Waals surface area contributed by atoms with E-state index in [2.05, 4.69) is 34.0 Å². The molecule has 0 radical (unpaired) electrons. The van der Waals surface area contributed by atoms with Crippen LogP contribution in [0.4, 0.5) is 5.13 Å². The van der Waals surface area contributed by atoms with Crippen molar-refractivity contribution < 1.29 is 4.79 Å². The van der Waals surface area contributed by atoms with E-state index in [0.717, 1.165) is 33.5 Å². The van der Waals surface area contributed by atoms with Gasteiger partial charge in [-0.1, -0.05) is 6.92 Å². The van der Waals surface area contributed by atoms with Crippen LogP contribution >= 0.6 is 22.7 Å². The molecular weight excluding hydrogens is 278 g/mol. The molecule has 2 aromatic heterocycles. The molecule has 0 bridgehead atoms. The monoisotopic (exact) mass is 295 g/mol. The van der Waals surface area contributed by atoms with Crippen molar-refractivity contribution >= 4 is 33.7 Å². The number of rotatable bonds is 6. The van der Waals surface area contributed by atoms with E-state index in [1.807, 2.05) is 6.07 Å². The number of anilines is 1. The summed E-state index contributed by atoms with van der Waals surface area (Å²) in [5, 5.41) is 9.12. The summed E-state index contributed by atoms with van der Waals surface area (Å²) in [7, 11) is 0. The van der Waals surface area contributed by atoms with Crippen LogP contribution in [0.2, 0.25) is 0 Å².